The Kier molecular flexibility index (Phi) is 6.13. The van der Waals surface area contributed by atoms with Crippen molar-refractivity contribution < 1.29 is 18.4 Å². The minimum Gasteiger partial charge on any atom is -0.382 e. The second-order valence-electron chi connectivity index (χ2n) is 6.65. The van der Waals surface area contributed by atoms with Crippen LogP contribution in [0.3, 0.4) is 0 Å². The number of hydrogen-bond acceptors (Lipinski definition) is 4. The molecule has 4 rings (SSSR count). The second-order valence-corrected chi connectivity index (χ2v) is 7.87. The zero-order valence-corrected chi connectivity index (χ0v) is 17.8. The highest BCUT2D eigenvalue weighted by Gasteiger charge is 2.32. The molecule has 0 saturated heterocycles. The number of oxime groups is 1. The molecule has 2 aromatic carbocycles. The quantitative estimate of drug-likeness (QED) is 0.533. The van der Waals surface area contributed by atoms with Gasteiger partial charge in [0, 0.05) is 23.2 Å². The summed E-state index contributed by atoms with van der Waals surface area (Å²) in [5.41, 5.74) is 0.540. The number of halogens is 5. The number of aromatic nitrogens is 2. The van der Waals surface area contributed by atoms with E-state index in [0.29, 0.717) is 0 Å². The van der Waals surface area contributed by atoms with Crippen LogP contribution in [0.25, 0.3) is 0 Å². The molecule has 0 radical (unpaired) electrons. The first-order valence-electron chi connectivity index (χ1n) is 8.97. The van der Waals surface area contributed by atoms with Gasteiger partial charge in [-0.2, -0.15) is 5.10 Å². The molecule has 1 unspecified atom stereocenters. The third-order valence-corrected chi connectivity index (χ3v) is 5.50. The van der Waals surface area contributed by atoms with E-state index < -0.39 is 23.6 Å². The number of carbonyl (C=O) groups excluding carboxylic acids is 1. The Morgan fingerprint density at radius 1 is 1.10 bits per heavy atom. The smallest absolute Gasteiger partial charge is 0.269 e. The first-order valence-corrected chi connectivity index (χ1v) is 10.1. The van der Waals surface area contributed by atoms with E-state index in [9.17, 15) is 13.6 Å². The minimum absolute atomic E-state index is 0.00957. The maximum atomic E-state index is 14.1. The summed E-state index contributed by atoms with van der Waals surface area (Å²) >= 11 is 18.2. The molecule has 31 heavy (non-hydrogen) atoms. The fourth-order valence-electron chi connectivity index (χ4n) is 3.04. The van der Waals surface area contributed by atoms with Crippen molar-refractivity contribution in [2.45, 2.75) is 19.1 Å². The molecule has 0 aliphatic carbocycles. The van der Waals surface area contributed by atoms with E-state index in [4.69, 9.17) is 39.6 Å². The van der Waals surface area contributed by atoms with Gasteiger partial charge in [-0.3, -0.25) is 9.48 Å². The van der Waals surface area contributed by atoms with E-state index in [-0.39, 0.29) is 50.7 Å². The van der Waals surface area contributed by atoms with E-state index in [1.165, 1.54) is 41.2 Å². The molecule has 0 fully saturated rings. The predicted molar refractivity (Wildman–Crippen MR) is 114 cm³/mol. The van der Waals surface area contributed by atoms with Gasteiger partial charge in [0.15, 0.2) is 5.82 Å². The van der Waals surface area contributed by atoms with Gasteiger partial charge in [0.1, 0.15) is 16.7 Å². The molecule has 6 nitrogen and oxygen atoms in total. The van der Waals surface area contributed by atoms with E-state index in [0.717, 1.165) is 0 Å². The highest BCUT2D eigenvalue weighted by Crippen LogP contribution is 2.27. The summed E-state index contributed by atoms with van der Waals surface area (Å²) in [6.07, 6.45) is 0.416. The largest absolute Gasteiger partial charge is 0.382 e. The molecule has 2 heterocycles. The van der Waals surface area contributed by atoms with E-state index in [1.807, 2.05) is 0 Å². The number of nitrogens with zero attached hydrogens (tertiary/aromatic N) is 3. The van der Waals surface area contributed by atoms with Gasteiger partial charge in [0.05, 0.1) is 22.8 Å². The van der Waals surface area contributed by atoms with E-state index in [1.54, 1.807) is 6.07 Å². The van der Waals surface area contributed by atoms with Gasteiger partial charge >= 0.3 is 0 Å². The van der Waals surface area contributed by atoms with Crippen molar-refractivity contribution in [3.05, 3.63) is 80.4 Å². The van der Waals surface area contributed by atoms with Crippen LogP contribution in [-0.4, -0.2) is 27.5 Å². The van der Waals surface area contributed by atoms with Gasteiger partial charge < -0.3 is 10.2 Å². The van der Waals surface area contributed by atoms with Crippen LogP contribution in [0.15, 0.2) is 47.8 Å². The van der Waals surface area contributed by atoms with Crippen molar-refractivity contribution in [3.8, 4) is 0 Å². The first kappa shape index (κ1) is 21.5. The fourth-order valence-corrected chi connectivity index (χ4v) is 3.74. The molecule has 1 aliphatic rings. The maximum absolute atomic E-state index is 14.1. The van der Waals surface area contributed by atoms with Crippen molar-refractivity contribution >= 4 is 52.2 Å². The Morgan fingerprint density at radius 3 is 2.52 bits per heavy atom. The summed E-state index contributed by atoms with van der Waals surface area (Å²) in [6.45, 7) is 0.0140. The van der Waals surface area contributed by atoms with Crippen molar-refractivity contribution in [3.63, 3.8) is 0 Å². The van der Waals surface area contributed by atoms with Gasteiger partial charge in [-0.15, -0.1) is 0 Å². The Bertz CT molecular complexity index is 1160. The third kappa shape index (κ3) is 4.51. The Morgan fingerprint density at radius 2 is 1.81 bits per heavy atom. The molecule has 0 saturated carbocycles. The summed E-state index contributed by atoms with van der Waals surface area (Å²) in [5, 5.41) is 11.0. The van der Waals surface area contributed by atoms with Crippen LogP contribution >= 0.6 is 34.8 Å². The lowest BCUT2D eigenvalue weighted by molar-refractivity contribution is -0.125. The van der Waals surface area contributed by atoms with Crippen LogP contribution in [0.1, 0.15) is 17.5 Å². The Hall–Kier alpha value is -2.68. The van der Waals surface area contributed by atoms with Gasteiger partial charge in [-0.1, -0.05) is 52.1 Å². The van der Waals surface area contributed by atoms with Gasteiger partial charge in [0.2, 0.25) is 6.10 Å². The van der Waals surface area contributed by atoms with Crippen molar-refractivity contribution in [1.82, 2.24) is 9.78 Å². The SMILES string of the molecule is O=C(Nc1nn(Cc2c(F)cccc2Cl)cc1Cl)C1CC(c2c(F)cccc2Cl)=NO1. The molecule has 1 amide bonds. The molecule has 1 N–H and O–H groups in total. The number of hydrogen-bond donors (Lipinski definition) is 1. The van der Waals surface area contributed by atoms with Gasteiger partial charge in [-0.25, -0.2) is 8.78 Å². The number of rotatable bonds is 5. The molecule has 0 bridgehead atoms. The van der Waals surface area contributed by atoms with Crippen molar-refractivity contribution in [2.24, 2.45) is 5.16 Å². The average molecular weight is 486 g/mol. The number of nitrogens with one attached hydrogen (secondary N) is 1. The van der Waals surface area contributed by atoms with Crippen LogP contribution < -0.4 is 5.32 Å². The molecular formula is C20H13Cl3F2N4O2. The highest BCUT2D eigenvalue weighted by molar-refractivity contribution is 6.34. The minimum atomic E-state index is -1.02. The molecule has 1 aromatic heterocycles. The molecule has 1 atom stereocenters. The summed E-state index contributed by atoms with van der Waals surface area (Å²) in [5.74, 6) is -1.58. The third-order valence-electron chi connectivity index (χ3n) is 4.55. The first-order chi connectivity index (χ1) is 14.8. The van der Waals surface area contributed by atoms with Crippen LogP contribution in [0.5, 0.6) is 0 Å². The summed E-state index contributed by atoms with van der Waals surface area (Å²) < 4.78 is 29.4. The zero-order chi connectivity index (χ0) is 22.1. The molecule has 0 spiro atoms. The van der Waals surface area contributed by atoms with Crippen LogP contribution in [0, 0.1) is 11.6 Å². The monoisotopic (exact) mass is 484 g/mol. The van der Waals surface area contributed by atoms with Crippen LogP contribution in [-0.2, 0) is 16.2 Å². The number of amides is 1. The van der Waals surface area contributed by atoms with Crippen molar-refractivity contribution in [2.75, 3.05) is 5.32 Å². The lowest BCUT2D eigenvalue weighted by Crippen LogP contribution is -2.28. The topological polar surface area (TPSA) is 68.5 Å². The Balaban J connectivity index is 1.44. The summed E-state index contributed by atoms with van der Waals surface area (Å²) in [4.78, 5) is 17.7. The lowest BCUT2D eigenvalue weighted by atomic mass is 10.0. The highest BCUT2D eigenvalue weighted by atomic mass is 35.5. The molecule has 3 aromatic rings. The summed E-state index contributed by atoms with van der Waals surface area (Å²) in [7, 11) is 0. The number of carbonyl (C=O) groups is 1. The standard InChI is InChI=1S/C20H13Cl3F2N4O2/c21-11-3-1-5-14(24)10(11)8-29-9-13(23)19(27-29)26-20(30)17-7-16(28-31-17)18-12(22)4-2-6-15(18)25/h1-6,9,17H,7-8H2,(H,26,27,30). The van der Waals surface area contributed by atoms with Crippen LogP contribution in [0.4, 0.5) is 14.6 Å². The number of benzene rings is 2. The zero-order valence-electron chi connectivity index (χ0n) is 15.6. The predicted octanol–water partition coefficient (Wildman–Crippen LogP) is 5.30. The molecule has 11 heteroatoms. The second kappa shape index (κ2) is 8.82. The molecule has 1 aliphatic heterocycles. The average Bonchev–Trinajstić information content (AvgIpc) is 3.32. The van der Waals surface area contributed by atoms with Gasteiger partial charge in [-0.05, 0) is 24.3 Å². The number of anilines is 1. The van der Waals surface area contributed by atoms with Crippen molar-refractivity contribution in [1.29, 1.82) is 0 Å². The van der Waals surface area contributed by atoms with Gasteiger partial charge in [0.25, 0.3) is 5.91 Å². The molecule has 160 valence electrons. The maximum Gasteiger partial charge on any atom is 0.269 e. The lowest BCUT2D eigenvalue weighted by Gasteiger charge is -2.08. The normalized spacial score (nSPS) is 15.5. The fraction of sp³-hybridized carbons (Fsp3) is 0.150. The van der Waals surface area contributed by atoms with E-state index in [2.05, 4.69) is 15.6 Å². The van der Waals surface area contributed by atoms with E-state index >= 15 is 0 Å². The molecular weight excluding hydrogens is 473 g/mol. The summed E-state index contributed by atoms with van der Waals surface area (Å²) in [6, 6.07) is 8.57. The Labute approximate surface area is 190 Å². The van der Waals surface area contributed by atoms with Crippen LogP contribution in [0.2, 0.25) is 15.1 Å².